The lowest BCUT2D eigenvalue weighted by Gasteiger charge is -2.35. The number of likely N-dealkylation sites (tertiary alicyclic amines) is 1. The van der Waals surface area contributed by atoms with Crippen LogP contribution in [-0.4, -0.2) is 47.3 Å². The second kappa shape index (κ2) is 9.81. The van der Waals surface area contributed by atoms with Gasteiger partial charge in [0.05, 0.1) is 24.5 Å². The molecule has 184 valence electrons. The van der Waals surface area contributed by atoms with Crippen LogP contribution in [0.5, 0.6) is 0 Å². The number of alkyl halides is 3. The van der Waals surface area contributed by atoms with Gasteiger partial charge in [-0.15, -0.1) is 4.72 Å². The van der Waals surface area contributed by atoms with Crippen LogP contribution in [0.1, 0.15) is 25.3 Å². The number of thiol groups is 1. The van der Waals surface area contributed by atoms with Crippen molar-refractivity contribution in [2.45, 2.75) is 50.4 Å². The van der Waals surface area contributed by atoms with Gasteiger partial charge in [0.25, 0.3) is 5.92 Å². The molecule has 2 atom stereocenters. The molecule has 1 saturated carbocycles. The maximum absolute atomic E-state index is 15.5. The highest BCUT2D eigenvalue weighted by atomic mass is 32.2. The lowest BCUT2D eigenvalue weighted by molar-refractivity contribution is -0.142. The van der Waals surface area contributed by atoms with Crippen LogP contribution in [0.4, 0.5) is 26.3 Å². The summed E-state index contributed by atoms with van der Waals surface area (Å²) in [6, 6.07) is 4.96. The lowest BCUT2D eigenvalue weighted by Crippen LogP contribution is -2.51. The molecule has 0 radical (unpaired) electrons. The van der Waals surface area contributed by atoms with Crippen LogP contribution in [0.25, 0.3) is 11.1 Å². The molecule has 1 heterocycles. The van der Waals surface area contributed by atoms with E-state index >= 15 is 4.39 Å². The van der Waals surface area contributed by atoms with Gasteiger partial charge >= 0.3 is 0 Å². The number of halogens is 6. The molecule has 34 heavy (non-hydrogen) atoms. The van der Waals surface area contributed by atoms with Crippen LogP contribution >= 0.6 is 0 Å². The van der Waals surface area contributed by atoms with Crippen molar-refractivity contribution in [2.75, 3.05) is 12.3 Å². The molecule has 0 aromatic heterocycles. The van der Waals surface area contributed by atoms with E-state index in [1.165, 1.54) is 30.3 Å². The molecule has 3 nitrogen and oxygen atoms in total. The summed E-state index contributed by atoms with van der Waals surface area (Å²) in [5.74, 6) is -7.18. The Morgan fingerprint density at radius 3 is 2.38 bits per heavy atom. The summed E-state index contributed by atoms with van der Waals surface area (Å²) in [5, 5.41) is 0. The van der Waals surface area contributed by atoms with Gasteiger partial charge < -0.3 is 4.90 Å². The lowest BCUT2D eigenvalue weighted by atomic mass is 9.82. The van der Waals surface area contributed by atoms with Crippen molar-refractivity contribution < 1.29 is 31.1 Å². The van der Waals surface area contributed by atoms with Crippen molar-refractivity contribution in [3.63, 3.8) is 0 Å². The predicted molar refractivity (Wildman–Crippen MR) is 120 cm³/mol. The van der Waals surface area contributed by atoms with Crippen LogP contribution < -0.4 is 4.72 Å². The van der Waals surface area contributed by atoms with Gasteiger partial charge in [0, 0.05) is 17.0 Å². The molecule has 0 bridgehead atoms. The Labute approximate surface area is 198 Å². The number of benzene rings is 2. The number of hydrogen-bond donors (Lipinski definition) is 1. The fraction of sp³-hybridized carbons (Fsp3) is 0.458. The van der Waals surface area contributed by atoms with E-state index in [9.17, 15) is 26.7 Å². The number of carbonyl (C=O) groups is 1. The molecular weight excluding hydrogens is 478 g/mol. The fourth-order valence-electron chi connectivity index (χ4n) is 4.61. The summed E-state index contributed by atoms with van der Waals surface area (Å²) < 4.78 is 89.5. The minimum absolute atomic E-state index is 0.00129. The van der Waals surface area contributed by atoms with Gasteiger partial charge in [0.1, 0.15) is 23.8 Å². The minimum atomic E-state index is -3.27. The Morgan fingerprint density at radius 1 is 1.09 bits per heavy atom. The number of amides is 1. The molecule has 2 aromatic carbocycles. The first-order chi connectivity index (χ1) is 16.1. The zero-order valence-electron chi connectivity index (χ0n) is 18.4. The third-order valence-corrected chi connectivity index (χ3v) is 7.25. The smallest absolute Gasteiger partial charge is 0.286 e. The van der Waals surface area contributed by atoms with Crippen molar-refractivity contribution in [1.29, 1.82) is 0 Å². The van der Waals surface area contributed by atoms with Crippen molar-refractivity contribution in [3.05, 3.63) is 59.4 Å². The van der Waals surface area contributed by atoms with E-state index < -0.39 is 60.0 Å². The van der Waals surface area contributed by atoms with Gasteiger partial charge in [-0.05, 0) is 37.8 Å². The van der Waals surface area contributed by atoms with E-state index in [-0.39, 0.29) is 36.0 Å². The van der Waals surface area contributed by atoms with E-state index in [2.05, 4.69) is 4.72 Å². The van der Waals surface area contributed by atoms with Crippen molar-refractivity contribution in [2.24, 2.45) is 5.92 Å². The summed E-state index contributed by atoms with van der Waals surface area (Å²) in [6.45, 7) is 0.951. The normalized spacial score (nSPS) is 25.9. The molecule has 1 amide bonds. The monoisotopic (exact) mass is 503 g/mol. The van der Waals surface area contributed by atoms with E-state index in [1.54, 1.807) is 6.92 Å². The van der Waals surface area contributed by atoms with Crippen LogP contribution in [0.2, 0.25) is 0 Å². The first-order valence-electron chi connectivity index (χ1n) is 11.1. The molecule has 4 rings (SSSR count). The van der Waals surface area contributed by atoms with Crippen LogP contribution in [0, 0.1) is 23.4 Å². The Bertz CT molecular complexity index is 1060. The Morgan fingerprint density at radius 2 is 1.74 bits per heavy atom. The zero-order valence-corrected chi connectivity index (χ0v) is 19.3. The molecule has 2 fully saturated rings. The Balaban J connectivity index is 1.68. The minimum Gasteiger partial charge on any atom is -0.331 e. The molecule has 1 N–H and O–H groups in total. The second-order valence-corrected chi connectivity index (χ2v) is 9.93. The first kappa shape index (κ1) is 24.9. The van der Waals surface area contributed by atoms with Gasteiger partial charge in [-0.2, -0.15) is 0 Å². The summed E-state index contributed by atoms with van der Waals surface area (Å²) in [7, 11) is 0. The number of nitrogens with one attached hydrogen (secondary N) is 1. The van der Waals surface area contributed by atoms with Gasteiger partial charge in [-0.25, -0.2) is 26.3 Å². The number of nitrogens with zero attached hydrogens (tertiary/aromatic N) is 1. The van der Waals surface area contributed by atoms with Gasteiger partial charge in [-0.3, -0.25) is 4.79 Å². The fourth-order valence-corrected chi connectivity index (χ4v) is 5.35. The van der Waals surface area contributed by atoms with E-state index in [1.807, 2.05) is 0 Å². The topological polar surface area (TPSA) is 32.3 Å². The van der Waals surface area contributed by atoms with E-state index in [0.717, 1.165) is 11.0 Å². The number of rotatable bonds is 7. The summed E-state index contributed by atoms with van der Waals surface area (Å²) >= 11 is 0.533. The summed E-state index contributed by atoms with van der Waals surface area (Å²) in [6.07, 6.45) is -1.41. The predicted octanol–water partition coefficient (Wildman–Crippen LogP) is 4.62. The van der Waals surface area contributed by atoms with Crippen LogP contribution in [-0.2, 0) is 23.2 Å². The maximum atomic E-state index is 15.5. The standard InChI is InChI=1S/C24H24F6N2OS/c1-2-34-31-22-19(32(12-24(22,29)30)23(33)14-9-15(25)10-14)11-13-5-3-6-16(20(13)27)17-7-4-8-18(26)21(17)28/h3-8,14-15,19,22,31H,2,9-12H2,1H3/p+1/t14?,15?,19-,22+/m0/s1. The SMILES string of the molecule is CC[SH+]N[C@@H]1[C@H](Cc2cccc(-c3cccc(F)c3F)c2F)N(C(=O)C2CC(F)C2)CC1(F)F. The highest BCUT2D eigenvalue weighted by Crippen LogP contribution is 2.40. The largest absolute Gasteiger partial charge is 0.331 e. The number of carbonyl (C=O) groups excluding carboxylic acids is 1. The third kappa shape index (κ3) is 4.66. The van der Waals surface area contributed by atoms with Crippen molar-refractivity contribution in [3.8, 4) is 11.1 Å². The average molecular weight is 504 g/mol. The number of hydrogen-bond acceptors (Lipinski definition) is 2. The molecule has 1 aliphatic carbocycles. The quantitative estimate of drug-likeness (QED) is 0.340. The third-order valence-electron chi connectivity index (χ3n) is 6.47. The van der Waals surface area contributed by atoms with Gasteiger partial charge in [-0.1, -0.05) is 30.3 Å². The van der Waals surface area contributed by atoms with Gasteiger partial charge in [0.15, 0.2) is 11.6 Å². The zero-order chi connectivity index (χ0) is 24.6. The molecule has 10 heteroatoms. The van der Waals surface area contributed by atoms with Gasteiger partial charge in [0.2, 0.25) is 5.91 Å². The average Bonchev–Trinajstić information content (AvgIpc) is 3.02. The second-order valence-electron chi connectivity index (χ2n) is 8.73. The molecular formula is C24H25F6N2OS+. The molecule has 2 aromatic rings. The Hall–Kier alpha value is -2.20. The maximum Gasteiger partial charge on any atom is 0.286 e. The molecule has 1 aliphatic heterocycles. The highest BCUT2D eigenvalue weighted by Gasteiger charge is 2.58. The highest BCUT2D eigenvalue weighted by molar-refractivity contribution is 7.76. The summed E-state index contributed by atoms with van der Waals surface area (Å²) in [4.78, 5) is 14.0. The van der Waals surface area contributed by atoms with E-state index in [0.29, 0.717) is 17.7 Å². The van der Waals surface area contributed by atoms with E-state index in [4.69, 9.17) is 0 Å². The molecule has 2 aliphatic rings. The first-order valence-corrected chi connectivity index (χ1v) is 12.2. The Kier molecular flexibility index (Phi) is 7.19. The van der Waals surface area contributed by atoms with Crippen LogP contribution in [0.15, 0.2) is 36.4 Å². The molecule has 1 saturated heterocycles. The molecule has 0 spiro atoms. The van der Waals surface area contributed by atoms with Crippen molar-refractivity contribution in [1.82, 2.24) is 9.62 Å². The molecule has 0 unspecified atom stereocenters. The summed E-state index contributed by atoms with van der Waals surface area (Å²) in [5.41, 5.74) is -0.488. The van der Waals surface area contributed by atoms with Crippen molar-refractivity contribution >= 4 is 17.9 Å². The van der Waals surface area contributed by atoms with Crippen LogP contribution in [0.3, 0.4) is 0 Å².